The first kappa shape index (κ1) is 49.8. The Hall–Kier alpha value is -1.18. The maximum absolute atomic E-state index is 12.7. The van der Waals surface area contributed by atoms with Crippen molar-refractivity contribution < 1.29 is 58.3 Å². The number of unbranched alkanes of at least 4 members (excludes halogenated alkanes) is 18. The minimum atomic E-state index is -5.01. The molecule has 12 nitrogen and oxygen atoms in total. The van der Waals surface area contributed by atoms with Gasteiger partial charge in [-0.2, -0.15) is 0 Å². The van der Waals surface area contributed by atoms with Gasteiger partial charge in [0, 0.05) is 13.0 Å². The molecule has 0 aromatic heterocycles. The summed E-state index contributed by atoms with van der Waals surface area (Å²) in [6.07, 6.45) is 21.2. The van der Waals surface area contributed by atoms with Gasteiger partial charge < -0.3 is 39.9 Å². The summed E-state index contributed by atoms with van der Waals surface area (Å²) in [5.74, 6) is -0.487. The normalized spacial score (nSPS) is 23.8. The van der Waals surface area contributed by atoms with Gasteiger partial charge in [-0.15, -0.1) is 0 Å². The average molecular weight is 779 g/mol. The van der Waals surface area contributed by atoms with Crippen molar-refractivity contribution in [3.8, 4) is 0 Å². The lowest BCUT2D eigenvalue weighted by molar-refractivity contribution is -0.220. The van der Waals surface area contributed by atoms with Crippen LogP contribution in [0.4, 0.5) is 0 Å². The third kappa shape index (κ3) is 24.8. The molecule has 1 aliphatic carbocycles. The van der Waals surface area contributed by atoms with Gasteiger partial charge in [0.05, 0.1) is 13.2 Å². The molecule has 312 valence electrons. The fourth-order valence-electron chi connectivity index (χ4n) is 6.21. The number of esters is 1. The van der Waals surface area contributed by atoms with E-state index < -0.39 is 63.1 Å². The van der Waals surface area contributed by atoms with Crippen molar-refractivity contribution >= 4 is 13.8 Å². The first-order valence-corrected chi connectivity index (χ1v) is 22.2. The van der Waals surface area contributed by atoms with Crippen LogP contribution in [-0.4, -0.2) is 98.9 Å². The zero-order chi connectivity index (χ0) is 39.2. The molecule has 0 aromatic rings. The van der Waals surface area contributed by atoms with E-state index in [0.717, 1.165) is 57.8 Å². The van der Waals surface area contributed by atoms with Crippen molar-refractivity contribution in [1.82, 2.24) is 0 Å². The first-order valence-electron chi connectivity index (χ1n) is 20.7. The molecular weight excluding hydrogens is 703 g/mol. The molecule has 6 unspecified atom stereocenters. The Labute approximate surface area is 320 Å². The van der Waals surface area contributed by atoms with Crippen LogP contribution >= 0.6 is 7.82 Å². The summed E-state index contributed by atoms with van der Waals surface area (Å²) in [6, 6.07) is 0. The number of carbonyl (C=O) groups excluding carboxylic acids is 1. The molecule has 0 amide bonds. The Balaban J connectivity index is 2.40. The fraction of sp³-hybridized carbons (Fsp3) is 0.875. The maximum Gasteiger partial charge on any atom is 0.472 e. The highest BCUT2D eigenvalue weighted by Crippen LogP contribution is 2.47. The number of carbonyl (C=O) groups is 1. The van der Waals surface area contributed by atoms with Gasteiger partial charge in [0.1, 0.15) is 42.7 Å². The summed E-state index contributed by atoms with van der Waals surface area (Å²) in [4.78, 5) is 23.0. The molecule has 0 bridgehead atoms. The molecule has 1 fully saturated rings. The maximum atomic E-state index is 12.7. The highest BCUT2D eigenvalue weighted by molar-refractivity contribution is 7.47. The molecule has 0 aromatic carbocycles. The molecule has 6 atom stereocenters. The van der Waals surface area contributed by atoms with Crippen LogP contribution in [0.25, 0.3) is 0 Å². The van der Waals surface area contributed by atoms with Gasteiger partial charge in [-0.3, -0.25) is 13.8 Å². The monoisotopic (exact) mass is 778 g/mol. The van der Waals surface area contributed by atoms with Crippen molar-refractivity contribution in [2.45, 2.75) is 204 Å². The molecule has 1 rings (SSSR count). The smallest absolute Gasteiger partial charge is 0.457 e. The van der Waals surface area contributed by atoms with Crippen molar-refractivity contribution in [3.05, 3.63) is 24.3 Å². The first-order chi connectivity index (χ1) is 25.5. The molecule has 0 spiro atoms. The minimum absolute atomic E-state index is 0.0778. The predicted octanol–water partition coefficient (Wildman–Crippen LogP) is 7.36. The van der Waals surface area contributed by atoms with Crippen molar-refractivity contribution in [2.75, 3.05) is 19.8 Å². The lowest BCUT2D eigenvalue weighted by Crippen LogP contribution is -2.64. The minimum Gasteiger partial charge on any atom is -0.457 e. The van der Waals surface area contributed by atoms with Crippen LogP contribution in [0.1, 0.15) is 162 Å². The molecule has 53 heavy (non-hydrogen) atoms. The molecule has 1 aliphatic rings. The number of rotatable bonds is 34. The fourth-order valence-corrected chi connectivity index (χ4v) is 7.18. The van der Waals surface area contributed by atoms with E-state index in [0.29, 0.717) is 13.0 Å². The van der Waals surface area contributed by atoms with E-state index in [-0.39, 0.29) is 13.0 Å². The SMILES string of the molecule is CCCCCC/C=C\C/C=C\CCCCCCCCCC(=O)OC(COCCCCCCCCCC)COP(=O)(O)OC1C(O)C(O)C(O)C(O)C1O. The highest BCUT2D eigenvalue weighted by atomic mass is 31.2. The Morgan fingerprint density at radius 1 is 0.604 bits per heavy atom. The quantitative estimate of drug-likeness (QED) is 0.0165. The lowest BCUT2D eigenvalue weighted by atomic mass is 9.85. The highest BCUT2D eigenvalue weighted by Gasteiger charge is 2.51. The molecule has 0 radical (unpaired) electrons. The molecule has 13 heteroatoms. The van der Waals surface area contributed by atoms with Crippen LogP contribution in [-0.2, 0) is 27.9 Å². The van der Waals surface area contributed by atoms with Gasteiger partial charge in [-0.1, -0.05) is 134 Å². The van der Waals surface area contributed by atoms with Crippen molar-refractivity contribution in [1.29, 1.82) is 0 Å². The topological polar surface area (TPSA) is 192 Å². The van der Waals surface area contributed by atoms with Crippen LogP contribution < -0.4 is 0 Å². The molecule has 0 heterocycles. The average Bonchev–Trinajstić information content (AvgIpc) is 3.14. The number of aliphatic hydroxyl groups is 5. The zero-order valence-corrected chi connectivity index (χ0v) is 33.7. The van der Waals surface area contributed by atoms with Gasteiger partial charge >= 0.3 is 13.8 Å². The summed E-state index contributed by atoms with van der Waals surface area (Å²) in [6.45, 7) is 4.19. The number of phosphoric ester groups is 1. The van der Waals surface area contributed by atoms with E-state index in [9.17, 15) is 39.8 Å². The summed E-state index contributed by atoms with van der Waals surface area (Å²) in [5, 5.41) is 49.9. The predicted molar refractivity (Wildman–Crippen MR) is 207 cm³/mol. The number of allylic oxidation sites excluding steroid dienone is 4. The van der Waals surface area contributed by atoms with Crippen molar-refractivity contribution in [2.24, 2.45) is 0 Å². The van der Waals surface area contributed by atoms with Crippen molar-refractivity contribution in [3.63, 3.8) is 0 Å². The second-order valence-electron chi connectivity index (χ2n) is 14.5. The summed E-state index contributed by atoms with van der Waals surface area (Å²) in [7, 11) is -5.01. The molecule has 6 N–H and O–H groups in total. The van der Waals surface area contributed by atoms with E-state index in [2.05, 4.69) is 38.2 Å². The molecule has 0 aliphatic heterocycles. The molecule has 1 saturated carbocycles. The number of ether oxygens (including phenoxy) is 2. The molecule has 0 saturated heterocycles. The van der Waals surface area contributed by atoms with Crippen LogP contribution in [0.15, 0.2) is 24.3 Å². The van der Waals surface area contributed by atoms with Gasteiger partial charge in [-0.05, 0) is 44.9 Å². The van der Waals surface area contributed by atoms with Crippen LogP contribution in [0.3, 0.4) is 0 Å². The molecular formula is C40H75O12P. The van der Waals surface area contributed by atoms with Gasteiger partial charge in [0.15, 0.2) is 0 Å². The second kappa shape index (κ2) is 32.0. The Bertz CT molecular complexity index is 979. The van der Waals surface area contributed by atoms with Crippen LogP contribution in [0.2, 0.25) is 0 Å². The third-order valence-corrected chi connectivity index (χ3v) is 10.6. The number of hydrogen-bond acceptors (Lipinski definition) is 11. The van der Waals surface area contributed by atoms with Gasteiger partial charge in [0.2, 0.25) is 0 Å². The van der Waals surface area contributed by atoms with E-state index in [1.54, 1.807) is 0 Å². The van der Waals surface area contributed by atoms with Gasteiger partial charge in [0.25, 0.3) is 0 Å². The van der Waals surface area contributed by atoms with E-state index in [1.807, 2.05) is 0 Å². The van der Waals surface area contributed by atoms with Crippen LogP contribution in [0, 0.1) is 0 Å². The summed E-state index contributed by atoms with van der Waals surface area (Å²) in [5.41, 5.74) is 0. The number of aliphatic hydroxyl groups excluding tert-OH is 5. The summed E-state index contributed by atoms with van der Waals surface area (Å²) >= 11 is 0. The zero-order valence-electron chi connectivity index (χ0n) is 32.8. The number of hydrogen-bond donors (Lipinski definition) is 6. The second-order valence-corrected chi connectivity index (χ2v) is 15.9. The van der Waals surface area contributed by atoms with Gasteiger partial charge in [-0.25, -0.2) is 4.57 Å². The van der Waals surface area contributed by atoms with E-state index in [1.165, 1.54) is 77.0 Å². The largest absolute Gasteiger partial charge is 0.472 e. The lowest BCUT2D eigenvalue weighted by Gasteiger charge is -2.41. The van der Waals surface area contributed by atoms with Crippen LogP contribution in [0.5, 0.6) is 0 Å². The summed E-state index contributed by atoms with van der Waals surface area (Å²) < 4.78 is 33.9. The number of phosphoric acid groups is 1. The Morgan fingerprint density at radius 3 is 1.60 bits per heavy atom. The van der Waals surface area contributed by atoms with E-state index >= 15 is 0 Å². The third-order valence-electron chi connectivity index (χ3n) is 9.58. The van der Waals surface area contributed by atoms with E-state index in [4.69, 9.17) is 18.5 Å². The Kier molecular flexibility index (Phi) is 30.1. The Morgan fingerprint density at radius 2 is 1.06 bits per heavy atom. The standard InChI is InChI=1S/C40H75O12P/c1-3-5-7-9-11-13-14-15-16-17-18-19-20-21-22-23-25-27-29-34(41)51-33(31-49-30-28-26-24-12-10-8-6-4-2)32-50-53(47,48)52-40-38(45)36(43)35(42)37(44)39(40)46/h13-14,16-17,33,35-40,42-46H,3-12,15,18-32H2,1-2H3,(H,47,48)/b14-13-,17-16-.